The van der Waals surface area contributed by atoms with Crippen molar-refractivity contribution in [2.24, 2.45) is 5.73 Å². The lowest BCUT2D eigenvalue weighted by Gasteiger charge is -1.97. The van der Waals surface area contributed by atoms with E-state index in [2.05, 4.69) is 29.3 Å². The predicted octanol–water partition coefficient (Wildman–Crippen LogP) is 1.43. The largest absolute Gasteiger partial charge is 0.424 e. The zero-order valence-corrected chi connectivity index (χ0v) is 8.60. The molecule has 1 aromatic carbocycles. The van der Waals surface area contributed by atoms with Crippen molar-refractivity contribution in [2.45, 2.75) is 19.9 Å². The number of nitrogens with two attached hydrogens (primary N) is 1. The van der Waals surface area contributed by atoms with Crippen LogP contribution in [0.1, 0.15) is 22.9 Å². The SMILES string of the molecule is Cc1cccc(Cc2nnc(CN)o2)c1. The summed E-state index contributed by atoms with van der Waals surface area (Å²) in [4.78, 5) is 0. The van der Waals surface area contributed by atoms with Gasteiger partial charge >= 0.3 is 0 Å². The smallest absolute Gasteiger partial charge is 0.230 e. The number of nitrogens with zero attached hydrogens (tertiary/aromatic N) is 2. The second-order valence-corrected chi connectivity index (χ2v) is 3.46. The third kappa shape index (κ3) is 2.41. The van der Waals surface area contributed by atoms with E-state index in [0.29, 0.717) is 24.7 Å². The summed E-state index contributed by atoms with van der Waals surface area (Å²) in [6, 6.07) is 8.22. The summed E-state index contributed by atoms with van der Waals surface area (Å²) in [6.07, 6.45) is 0.661. The van der Waals surface area contributed by atoms with Crippen molar-refractivity contribution in [1.29, 1.82) is 0 Å². The van der Waals surface area contributed by atoms with E-state index in [-0.39, 0.29) is 0 Å². The second kappa shape index (κ2) is 4.23. The van der Waals surface area contributed by atoms with Crippen LogP contribution in [0.4, 0.5) is 0 Å². The number of aromatic nitrogens is 2. The van der Waals surface area contributed by atoms with Gasteiger partial charge in [0, 0.05) is 0 Å². The molecular weight excluding hydrogens is 190 g/mol. The Morgan fingerprint density at radius 1 is 1.27 bits per heavy atom. The van der Waals surface area contributed by atoms with Gasteiger partial charge in [-0.25, -0.2) is 0 Å². The third-order valence-electron chi connectivity index (χ3n) is 2.12. The zero-order chi connectivity index (χ0) is 10.7. The van der Waals surface area contributed by atoms with E-state index in [1.54, 1.807) is 0 Å². The molecular formula is C11H13N3O. The van der Waals surface area contributed by atoms with E-state index in [9.17, 15) is 0 Å². The van der Waals surface area contributed by atoms with Gasteiger partial charge in [-0.3, -0.25) is 0 Å². The normalized spacial score (nSPS) is 10.5. The molecule has 2 rings (SSSR count). The Hall–Kier alpha value is -1.68. The first-order valence-corrected chi connectivity index (χ1v) is 4.85. The van der Waals surface area contributed by atoms with Crippen molar-refractivity contribution in [3.63, 3.8) is 0 Å². The van der Waals surface area contributed by atoms with Gasteiger partial charge in [0.2, 0.25) is 11.8 Å². The molecule has 0 amide bonds. The summed E-state index contributed by atoms with van der Waals surface area (Å²) < 4.78 is 5.33. The van der Waals surface area contributed by atoms with Crippen molar-refractivity contribution in [3.8, 4) is 0 Å². The molecule has 15 heavy (non-hydrogen) atoms. The molecule has 4 nitrogen and oxygen atoms in total. The van der Waals surface area contributed by atoms with Gasteiger partial charge in [-0.2, -0.15) is 0 Å². The van der Waals surface area contributed by atoms with Crippen LogP contribution in [0.25, 0.3) is 0 Å². The zero-order valence-electron chi connectivity index (χ0n) is 8.60. The molecule has 0 saturated heterocycles. The van der Waals surface area contributed by atoms with E-state index < -0.39 is 0 Å². The van der Waals surface area contributed by atoms with Crippen LogP contribution in [0.2, 0.25) is 0 Å². The summed E-state index contributed by atoms with van der Waals surface area (Å²) >= 11 is 0. The highest BCUT2D eigenvalue weighted by atomic mass is 16.4. The minimum Gasteiger partial charge on any atom is -0.424 e. The van der Waals surface area contributed by atoms with E-state index >= 15 is 0 Å². The fourth-order valence-electron chi connectivity index (χ4n) is 1.44. The molecule has 0 aliphatic heterocycles. The number of aryl methyl sites for hydroxylation is 1. The Morgan fingerprint density at radius 2 is 2.07 bits per heavy atom. The first kappa shape index (κ1) is 9.86. The molecule has 2 N–H and O–H groups in total. The Balaban J connectivity index is 2.14. The maximum Gasteiger partial charge on any atom is 0.230 e. The average molecular weight is 203 g/mol. The summed E-state index contributed by atoms with van der Waals surface area (Å²) in [6.45, 7) is 2.35. The van der Waals surface area contributed by atoms with Gasteiger partial charge in [-0.05, 0) is 12.5 Å². The highest BCUT2D eigenvalue weighted by Crippen LogP contribution is 2.10. The Morgan fingerprint density at radius 3 is 2.73 bits per heavy atom. The van der Waals surface area contributed by atoms with Crippen LogP contribution < -0.4 is 5.73 Å². The monoisotopic (exact) mass is 203 g/mol. The summed E-state index contributed by atoms with van der Waals surface area (Å²) in [5, 5.41) is 7.73. The van der Waals surface area contributed by atoms with Crippen LogP contribution in [0.15, 0.2) is 28.7 Å². The molecule has 0 aliphatic carbocycles. The lowest BCUT2D eigenvalue weighted by molar-refractivity contribution is 0.459. The molecule has 0 fully saturated rings. The summed E-state index contributed by atoms with van der Waals surface area (Å²) in [5.74, 6) is 1.10. The second-order valence-electron chi connectivity index (χ2n) is 3.46. The standard InChI is InChI=1S/C11H13N3O/c1-8-3-2-4-9(5-8)6-10-13-14-11(7-12)15-10/h2-5H,6-7,12H2,1H3. The van der Waals surface area contributed by atoms with E-state index in [0.717, 1.165) is 0 Å². The summed E-state index contributed by atoms with van der Waals surface area (Å²) in [7, 11) is 0. The van der Waals surface area contributed by atoms with Crippen LogP contribution in [0.3, 0.4) is 0 Å². The predicted molar refractivity (Wildman–Crippen MR) is 56.2 cm³/mol. The third-order valence-corrected chi connectivity index (χ3v) is 2.12. The molecule has 4 heteroatoms. The molecule has 0 radical (unpaired) electrons. The van der Waals surface area contributed by atoms with Crippen molar-refractivity contribution in [2.75, 3.05) is 0 Å². The quantitative estimate of drug-likeness (QED) is 0.819. The van der Waals surface area contributed by atoms with Gasteiger partial charge in [0.05, 0.1) is 13.0 Å². The molecule has 0 unspecified atom stereocenters. The molecule has 78 valence electrons. The number of benzene rings is 1. The first-order chi connectivity index (χ1) is 7.28. The van der Waals surface area contributed by atoms with Crippen molar-refractivity contribution in [3.05, 3.63) is 47.2 Å². The fourth-order valence-corrected chi connectivity index (χ4v) is 1.44. The van der Waals surface area contributed by atoms with Crippen LogP contribution >= 0.6 is 0 Å². The topological polar surface area (TPSA) is 64.9 Å². The van der Waals surface area contributed by atoms with Gasteiger partial charge in [0.1, 0.15) is 0 Å². The van der Waals surface area contributed by atoms with E-state index in [1.165, 1.54) is 11.1 Å². The summed E-state index contributed by atoms with van der Waals surface area (Å²) in [5.41, 5.74) is 7.78. The number of hydrogen-bond acceptors (Lipinski definition) is 4. The van der Waals surface area contributed by atoms with E-state index in [4.69, 9.17) is 10.2 Å². The Kier molecular flexibility index (Phi) is 2.78. The molecule has 0 saturated carbocycles. The minimum absolute atomic E-state index is 0.292. The van der Waals surface area contributed by atoms with Crippen LogP contribution in [-0.4, -0.2) is 10.2 Å². The highest BCUT2D eigenvalue weighted by Gasteiger charge is 2.05. The number of rotatable bonds is 3. The molecule has 2 aromatic rings. The van der Waals surface area contributed by atoms with Crippen molar-refractivity contribution >= 4 is 0 Å². The lowest BCUT2D eigenvalue weighted by atomic mass is 10.1. The molecule has 0 spiro atoms. The van der Waals surface area contributed by atoms with Gasteiger partial charge < -0.3 is 10.2 Å². The number of hydrogen-bond donors (Lipinski definition) is 1. The molecule has 1 aromatic heterocycles. The Bertz CT molecular complexity index is 451. The highest BCUT2D eigenvalue weighted by molar-refractivity contribution is 5.24. The molecule has 0 atom stereocenters. The van der Waals surface area contributed by atoms with E-state index in [1.807, 2.05) is 12.1 Å². The lowest BCUT2D eigenvalue weighted by Crippen LogP contribution is -1.95. The average Bonchev–Trinajstić information content (AvgIpc) is 2.65. The maximum atomic E-state index is 5.38. The van der Waals surface area contributed by atoms with Crippen LogP contribution in [0, 0.1) is 6.92 Å². The van der Waals surface area contributed by atoms with Gasteiger partial charge in [-0.15, -0.1) is 10.2 Å². The van der Waals surface area contributed by atoms with Gasteiger partial charge in [0.15, 0.2) is 0 Å². The van der Waals surface area contributed by atoms with Crippen LogP contribution in [0.5, 0.6) is 0 Å². The van der Waals surface area contributed by atoms with Gasteiger partial charge in [-0.1, -0.05) is 29.8 Å². The van der Waals surface area contributed by atoms with Crippen molar-refractivity contribution < 1.29 is 4.42 Å². The van der Waals surface area contributed by atoms with Crippen LogP contribution in [-0.2, 0) is 13.0 Å². The first-order valence-electron chi connectivity index (χ1n) is 4.85. The fraction of sp³-hybridized carbons (Fsp3) is 0.273. The Labute approximate surface area is 88.1 Å². The molecule has 1 heterocycles. The molecule has 0 aliphatic rings. The molecule has 0 bridgehead atoms. The van der Waals surface area contributed by atoms with Crippen molar-refractivity contribution in [1.82, 2.24) is 10.2 Å². The van der Waals surface area contributed by atoms with Gasteiger partial charge in [0.25, 0.3) is 0 Å². The minimum atomic E-state index is 0.292. The maximum absolute atomic E-state index is 5.38.